The molecule has 0 spiro atoms. The van der Waals surface area contributed by atoms with E-state index in [-0.39, 0.29) is 0 Å². The van der Waals surface area contributed by atoms with Crippen LogP contribution in [-0.4, -0.2) is 27.2 Å². The molecule has 2 rings (SSSR count). The average molecular weight is 181 g/mol. The summed E-state index contributed by atoms with van der Waals surface area (Å²) in [6, 6.07) is 0. The van der Waals surface area contributed by atoms with Crippen molar-refractivity contribution in [3.05, 3.63) is 5.82 Å². The zero-order valence-electron chi connectivity index (χ0n) is 7.66. The standard InChI is InChI=1S/C8H15N5/c1-2-4-7(3-1)5-9-6-8-10-12-13-11-8/h7,9H,1-6H2,(H,10,11,12,13). The van der Waals surface area contributed by atoms with E-state index in [2.05, 4.69) is 25.9 Å². The fraction of sp³-hybridized carbons (Fsp3) is 0.875. The van der Waals surface area contributed by atoms with Gasteiger partial charge in [-0.3, -0.25) is 0 Å². The van der Waals surface area contributed by atoms with Crippen LogP contribution in [0.3, 0.4) is 0 Å². The second-order valence-corrected chi connectivity index (χ2v) is 3.61. The van der Waals surface area contributed by atoms with Crippen molar-refractivity contribution in [1.82, 2.24) is 25.9 Å². The predicted octanol–water partition coefficient (Wildman–Crippen LogP) is 0.479. The highest BCUT2D eigenvalue weighted by atomic mass is 15.5. The van der Waals surface area contributed by atoms with Crippen LogP contribution in [0.25, 0.3) is 0 Å². The zero-order chi connectivity index (χ0) is 8.93. The summed E-state index contributed by atoms with van der Waals surface area (Å²) in [6.07, 6.45) is 5.54. The molecule has 72 valence electrons. The predicted molar refractivity (Wildman–Crippen MR) is 47.8 cm³/mol. The average Bonchev–Trinajstić information content (AvgIpc) is 2.75. The maximum atomic E-state index is 3.87. The zero-order valence-corrected chi connectivity index (χ0v) is 7.66. The first kappa shape index (κ1) is 8.62. The summed E-state index contributed by atoms with van der Waals surface area (Å²) in [5, 5.41) is 17.0. The smallest absolute Gasteiger partial charge is 0.188 e. The first-order chi connectivity index (χ1) is 6.45. The van der Waals surface area contributed by atoms with Crippen LogP contribution in [0.2, 0.25) is 0 Å². The van der Waals surface area contributed by atoms with Gasteiger partial charge in [-0.25, -0.2) is 0 Å². The molecule has 1 fully saturated rings. The summed E-state index contributed by atoms with van der Waals surface area (Å²) in [6.45, 7) is 1.82. The second-order valence-electron chi connectivity index (χ2n) is 3.61. The first-order valence-corrected chi connectivity index (χ1v) is 4.88. The van der Waals surface area contributed by atoms with Gasteiger partial charge < -0.3 is 5.32 Å². The largest absolute Gasteiger partial charge is 0.309 e. The molecule has 0 atom stereocenters. The Kier molecular flexibility index (Phi) is 2.86. The van der Waals surface area contributed by atoms with E-state index in [0.29, 0.717) is 0 Å². The Morgan fingerprint density at radius 3 is 2.92 bits per heavy atom. The molecule has 1 aromatic rings. The van der Waals surface area contributed by atoms with E-state index in [0.717, 1.165) is 24.8 Å². The van der Waals surface area contributed by atoms with Crippen LogP contribution in [0.1, 0.15) is 31.5 Å². The van der Waals surface area contributed by atoms with Crippen LogP contribution >= 0.6 is 0 Å². The molecular weight excluding hydrogens is 166 g/mol. The van der Waals surface area contributed by atoms with Crippen LogP contribution < -0.4 is 5.32 Å². The van der Waals surface area contributed by atoms with Crippen LogP contribution in [0.4, 0.5) is 0 Å². The molecule has 5 nitrogen and oxygen atoms in total. The molecular formula is C8H15N5. The van der Waals surface area contributed by atoms with Gasteiger partial charge in [0.05, 0.1) is 6.54 Å². The molecule has 1 aliphatic carbocycles. The Balaban J connectivity index is 1.63. The van der Waals surface area contributed by atoms with Gasteiger partial charge in [0, 0.05) is 0 Å². The molecule has 0 radical (unpaired) electrons. The van der Waals surface area contributed by atoms with Gasteiger partial charge in [-0.2, -0.15) is 5.21 Å². The number of nitrogens with one attached hydrogen (secondary N) is 2. The third kappa shape index (κ3) is 2.48. The normalized spacial score (nSPS) is 18.2. The number of nitrogens with zero attached hydrogens (tertiary/aromatic N) is 3. The first-order valence-electron chi connectivity index (χ1n) is 4.88. The molecule has 1 saturated carbocycles. The molecule has 1 heterocycles. The van der Waals surface area contributed by atoms with Gasteiger partial charge in [0.15, 0.2) is 5.82 Å². The monoisotopic (exact) mass is 181 g/mol. The molecule has 0 bridgehead atoms. The molecule has 0 unspecified atom stereocenters. The van der Waals surface area contributed by atoms with Crippen molar-refractivity contribution in [2.75, 3.05) is 6.54 Å². The van der Waals surface area contributed by atoms with Crippen molar-refractivity contribution in [2.45, 2.75) is 32.2 Å². The van der Waals surface area contributed by atoms with Crippen LogP contribution in [0.5, 0.6) is 0 Å². The number of rotatable bonds is 4. The van der Waals surface area contributed by atoms with Crippen molar-refractivity contribution in [2.24, 2.45) is 5.92 Å². The van der Waals surface area contributed by atoms with Gasteiger partial charge in [0.2, 0.25) is 0 Å². The minimum Gasteiger partial charge on any atom is -0.309 e. The lowest BCUT2D eigenvalue weighted by Gasteiger charge is -2.08. The number of tetrazole rings is 1. The lowest BCUT2D eigenvalue weighted by atomic mass is 10.1. The number of hydrogen-bond acceptors (Lipinski definition) is 4. The summed E-state index contributed by atoms with van der Waals surface area (Å²) >= 11 is 0. The van der Waals surface area contributed by atoms with Crippen molar-refractivity contribution in [1.29, 1.82) is 0 Å². The van der Waals surface area contributed by atoms with E-state index in [4.69, 9.17) is 0 Å². The lowest BCUT2D eigenvalue weighted by molar-refractivity contribution is 0.484. The lowest BCUT2D eigenvalue weighted by Crippen LogP contribution is -2.21. The van der Waals surface area contributed by atoms with E-state index < -0.39 is 0 Å². The SMILES string of the molecule is C1CCC(CNCc2nn[nH]n2)C1. The summed E-state index contributed by atoms with van der Waals surface area (Å²) in [5.74, 6) is 1.62. The minimum atomic E-state index is 0.729. The fourth-order valence-corrected chi connectivity index (χ4v) is 1.86. The Morgan fingerprint density at radius 1 is 1.38 bits per heavy atom. The van der Waals surface area contributed by atoms with Crippen molar-refractivity contribution in [3.8, 4) is 0 Å². The molecule has 13 heavy (non-hydrogen) atoms. The molecule has 0 aliphatic heterocycles. The van der Waals surface area contributed by atoms with Crippen LogP contribution in [-0.2, 0) is 6.54 Å². The van der Waals surface area contributed by atoms with Crippen LogP contribution in [0.15, 0.2) is 0 Å². The third-order valence-electron chi connectivity index (χ3n) is 2.58. The summed E-state index contributed by atoms with van der Waals surface area (Å²) in [4.78, 5) is 0. The quantitative estimate of drug-likeness (QED) is 0.709. The molecule has 2 N–H and O–H groups in total. The van der Waals surface area contributed by atoms with E-state index in [1.165, 1.54) is 25.7 Å². The Labute approximate surface area is 77.3 Å². The van der Waals surface area contributed by atoms with Gasteiger partial charge in [-0.15, -0.1) is 10.2 Å². The van der Waals surface area contributed by atoms with Gasteiger partial charge in [-0.1, -0.05) is 18.1 Å². The fourth-order valence-electron chi connectivity index (χ4n) is 1.86. The second kappa shape index (κ2) is 4.32. The summed E-state index contributed by atoms with van der Waals surface area (Å²) in [7, 11) is 0. The minimum absolute atomic E-state index is 0.729. The van der Waals surface area contributed by atoms with E-state index in [1.807, 2.05) is 0 Å². The number of aromatic nitrogens is 4. The van der Waals surface area contributed by atoms with Crippen molar-refractivity contribution < 1.29 is 0 Å². The van der Waals surface area contributed by atoms with Gasteiger partial charge >= 0.3 is 0 Å². The molecule has 1 aliphatic rings. The third-order valence-corrected chi connectivity index (χ3v) is 2.58. The topological polar surface area (TPSA) is 66.5 Å². The summed E-state index contributed by atoms with van der Waals surface area (Å²) in [5.41, 5.74) is 0. The highest BCUT2D eigenvalue weighted by molar-refractivity contribution is 4.76. The Morgan fingerprint density at radius 2 is 2.23 bits per heavy atom. The molecule has 5 heteroatoms. The van der Waals surface area contributed by atoms with E-state index in [1.54, 1.807) is 0 Å². The Hall–Kier alpha value is -0.970. The van der Waals surface area contributed by atoms with Crippen molar-refractivity contribution >= 4 is 0 Å². The number of aromatic amines is 1. The highest BCUT2D eigenvalue weighted by Gasteiger charge is 2.14. The van der Waals surface area contributed by atoms with Gasteiger partial charge in [0.1, 0.15) is 0 Å². The molecule has 0 aromatic carbocycles. The maximum Gasteiger partial charge on any atom is 0.188 e. The molecule has 1 aromatic heterocycles. The number of H-pyrrole nitrogens is 1. The maximum absolute atomic E-state index is 3.87. The van der Waals surface area contributed by atoms with E-state index in [9.17, 15) is 0 Å². The Bertz CT molecular complexity index is 227. The molecule has 0 amide bonds. The van der Waals surface area contributed by atoms with E-state index >= 15 is 0 Å². The summed E-state index contributed by atoms with van der Waals surface area (Å²) < 4.78 is 0. The number of hydrogen-bond donors (Lipinski definition) is 2. The highest BCUT2D eigenvalue weighted by Crippen LogP contribution is 2.23. The molecule has 0 saturated heterocycles. The van der Waals surface area contributed by atoms with Crippen LogP contribution in [0, 0.1) is 5.92 Å². The van der Waals surface area contributed by atoms with Gasteiger partial charge in [-0.05, 0) is 25.3 Å². The van der Waals surface area contributed by atoms with Gasteiger partial charge in [0.25, 0.3) is 0 Å². The van der Waals surface area contributed by atoms with Crippen molar-refractivity contribution in [3.63, 3.8) is 0 Å².